The number of hydrogen-bond acceptors (Lipinski definition) is 8. The number of ether oxygens (including phenoxy) is 5. The molecule has 182 valence electrons. The third-order valence-electron chi connectivity index (χ3n) is 7.96. The molecule has 1 aromatic carbocycles. The predicted octanol–water partition coefficient (Wildman–Crippen LogP) is 4.22. The van der Waals surface area contributed by atoms with Crippen LogP contribution in [0.4, 0.5) is 0 Å². The van der Waals surface area contributed by atoms with Gasteiger partial charge in [-0.1, -0.05) is 19.9 Å². The van der Waals surface area contributed by atoms with Crippen molar-refractivity contribution < 1.29 is 38.3 Å². The van der Waals surface area contributed by atoms with Gasteiger partial charge in [0.15, 0.2) is 11.9 Å². The summed E-state index contributed by atoms with van der Waals surface area (Å²) < 4.78 is 29.5. The van der Waals surface area contributed by atoms with Crippen LogP contribution < -0.4 is 9.47 Å². The molecular formula is C25H34O8. The van der Waals surface area contributed by atoms with Crippen molar-refractivity contribution in [1.29, 1.82) is 0 Å². The molecule has 2 bridgehead atoms. The van der Waals surface area contributed by atoms with Gasteiger partial charge < -0.3 is 23.7 Å². The molecule has 1 aliphatic carbocycles. The minimum atomic E-state index is -0.809. The van der Waals surface area contributed by atoms with Gasteiger partial charge >= 0.3 is 5.97 Å². The Morgan fingerprint density at radius 3 is 2.76 bits per heavy atom. The third kappa shape index (κ3) is 4.01. The van der Waals surface area contributed by atoms with Gasteiger partial charge in [-0.15, -0.1) is 0 Å². The summed E-state index contributed by atoms with van der Waals surface area (Å²) in [5.41, 5.74) is -0.605. The first-order valence-electron chi connectivity index (χ1n) is 12.0. The van der Waals surface area contributed by atoms with Crippen LogP contribution >= 0.6 is 0 Å². The van der Waals surface area contributed by atoms with E-state index in [1.165, 1.54) is 7.11 Å². The second-order valence-corrected chi connectivity index (χ2v) is 10.0. The Hall–Kier alpha value is -1.87. The fraction of sp³-hybridized carbons (Fsp3) is 0.720. The Morgan fingerprint density at radius 2 is 1.94 bits per heavy atom. The lowest BCUT2D eigenvalue weighted by Gasteiger charge is -2.60. The van der Waals surface area contributed by atoms with E-state index in [-0.39, 0.29) is 30.8 Å². The molecule has 6 rings (SSSR count). The summed E-state index contributed by atoms with van der Waals surface area (Å²) in [6.45, 7) is 6.62. The van der Waals surface area contributed by atoms with Gasteiger partial charge in [-0.2, -0.15) is 0 Å². The Balaban J connectivity index is 1.34. The molecule has 0 unspecified atom stereocenters. The normalized spacial score (nSPS) is 41.6. The number of carbonyl (C=O) groups excluding carboxylic acids is 1. The summed E-state index contributed by atoms with van der Waals surface area (Å²) in [4.78, 5) is 23.4. The van der Waals surface area contributed by atoms with Gasteiger partial charge in [0.25, 0.3) is 0 Å². The first-order valence-corrected chi connectivity index (χ1v) is 12.0. The Morgan fingerprint density at radius 1 is 1.12 bits per heavy atom. The highest BCUT2D eigenvalue weighted by Gasteiger charge is 2.69. The average Bonchev–Trinajstić information content (AvgIpc) is 3.03. The third-order valence-corrected chi connectivity index (χ3v) is 7.96. The van der Waals surface area contributed by atoms with Crippen LogP contribution in [0.25, 0.3) is 0 Å². The first-order chi connectivity index (χ1) is 15.8. The van der Waals surface area contributed by atoms with Crippen LogP contribution in [0.15, 0.2) is 24.3 Å². The van der Waals surface area contributed by atoms with Crippen LogP contribution in [0.1, 0.15) is 52.9 Å². The lowest BCUT2D eigenvalue weighted by molar-refractivity contribution is -0.575. The van der Waals surface area contributed by atoms with Gasteiger partial charge in [0.2, 0.25) is 12.1 Å². The number of hydrogen-bond donors (Lipinski definition) is 0. The van der Waals surface area contributed by atoms with Crippen molar-refractivity contribution in [3.63, 3.8) is 0 Å². The maximum atomic E-state index is 11.3. The smallest absolute Gasteiger partial charge is 0.308 e. The zero-order valence-electron chi connectivity index (χ0n) is 19.8. The molecule has 4 saturated heterocycles. The summed E-state index contributed by atoms with van der Waals surface area (Å²) in [6, 6.07) is 7.37. The zero-order chi connectivity index (χ0) is 23.2. The SMILES string of the molecule is COC(=O)CCOc1cccc(O[C@H]2O[C@@H]3O[C@@]4(C)CC[C@H]5[C@H](C)CC[C@@H]([C@H]2C)[C@@]35OO4)c1. The lowest BCUT2D eigenvalue weighted by Crippen LogP contribution is -2.70. The molecule has 8 heteroatoms. The maximum Gasteiger partial charge on any atom is 0.308 e. The van der Waals surface area contributed by atoms with Crippen LogP contribution in [0.5, 0.6) is 11.5 Å². The Bertz CT molecular complexity index is 876. The zero-order valence-corrected chi connectivity index (χ0v) is 19.8. The monoisotopic (exact) mass is 462 g/mol. The van der Waals surface area contributed by atoms with Gasteiger partial charge in [-0.05, 0) is 50.2 Å². The van der Waals surface area contributed by atoms with Crippen LogP contribution in [-0.4, -0.2) is 43.7 Å². The fourth-order valence-electron chi connectivity index (χ4n) is 6.13. The molecule has 4 heterocycles. The number of rotatable bonds is 6. The minimum absolute atomic E-state index is 0.0785. The number of esters is 1. The minimum Gasteiger partial charge on any atom is -0.493 e. The second-order valence-electron chi connectivity index (χ2n) is 10.0. The highest BCUT2D eigenvalue weighted by Crippen LogP contribution is 2.60. The van der Waals surface area contributed by atoms with Crippen molar-refractivity contribution in [2.24, 2.45) is 23.7 Å². The molecule has 8 atom stereocenters. The molecule has 4 aliphatic heterocycles. The van der Waals surface area contributed by atoms with Gasteiger partial charge in [-0.25, -0.2) is 9.78 Å². The molecule has 0 aromatic heterocycles. The number of fused-ring (bicyclic) bond motifs is 2. The second kappa shape index (κ2) is 8.73. The van der Waals surface area contributed by atoms with E-state index in [2.05, 4.69) is 18.6 Å². The molecule has 33 heavy (non-hydrogen) atoms. The Labute approximate surface area is 194 Å². The van der Waals surface area contributed by atoms with E-state index >= 15 is 0 Å². The number of methoxy groups -OCH3 is 1. The summed E-state index contributed by atoms with van der Waals surface area (Å²) in [7, 11) is 1.36. The average molecular weight is 463 g/mol. The van der Waals surface area contributed by atoms with E-state index in [1.807, 2.05) is 31.2 Å². The molecule has 0 N–H and O–H groups in total. The summed E-state index contributed by atoms with van der Waals surface area (Å²) >= 11 is 0. The van der Waals surface area contributed by atoms with Crippen molar-refractivity contribution in [2.45, 2.75) is 76.8 Å². The fourth-order valence-corrected chi connectivity index (χ4v) is 6.13. The molecule has 1 saturated carbocycles. The van der Waals surface area contributed by atoms with Crippen molar-refractivity contribution in [1.82, 2.24) is 0 Å². The molecule has 5 fully saturated rings. The van der Waals surface area contributed by atoms with E-state index in [0.29, 0.717) is 23.3 Å². The van der Waals surface area contributed by atoms with Crippen LogP contribution in [0.3, 0.4) is 0 Å². The topological polar surface area (TPSA) is 81.7 Å². The van der Waals surface area contributed by atoms with E-state index < -0.39 is 24.0 Å². The van der Waals surface area contributed by atoms with Crippen LogP contribution in [0, 0.1) is 23.7 Å². The summed E-state index contributed by atoms with van der Waals surface area (Å²) in [5, 5.41) is 0. The van der Waals surface area contributed by atoms with Gasteiger partial charge in [-0.3, -0.25) is 4.79 Å². The van der Waals surface area contributed by atoms with E-state index in [4.69, 9.17) is 28.7 Å². The van der Waals surface area contributed by atoms with Gasteiger partial charge in [0, 0.05) is 24.3 Å². The van der Waals surface area contributed by atoms with Crippen LogP contribution in [-0.2, 0) is 28.8 Å². The van der Waals surface area contributed by atoms with Crippen molar-refractivity contribution in [2.75, 3.05) is 13.7 Å². The Kier molecular flexibility index (Phi) is 6.05. The van der Waals surface area contributed by atoms with Crippen molar-refractivity contribution in [3.05, 3.63) is 24.3 Å². The number of carbonyl (C=O) groups is 1. The lowest BCUT2D eigenvalue weighted by atomic mass is 9.58. The molecule has 1 aromatic rings. The summed E-state index contributed by atoms with van der Waals surface area (Å²) in [5.74, 6) is 1.26. The quantitative estimate of drug-likeness (QED) is 0.459. The molecule has 8 nitrogen and oxygen atoms in total. The van der Waals surface area contributed by atoms with E-state index in [9.17, 15) is 4.79 Å². The molecular weight excluding hydrogens is 428 g/mol. The van der Waals surface area contributed by atoms with Crippen molar-refractivity contribution in [3.8, 4) is 11.5 Å². The molecule has 0 radical (unpaired) electrons. The van der Waals surface area contributed by atoms with E-state index in [0.717, 1.165) is 25.7 Å². The first kappa shape index (κ1) is 22.9. The van der Waals surface area contributed by atoms with Crippen molar-refractivity contribution >= 4 is 5.97 Å². The molecule has 1 spiro atoms. The maximum absolute atomic E-state index is 11.3. The highest BCUT2D eigenvalue weighted by atomic mass is 17.3. The van der Waals surface area contributed by atoms with Crippen LogP contribution in [0.2, 0.25) is 0 Å². The standard InChI is InChI=1S/C25H34O8/c1-15-8-9-20-16(2)22(29-18-7-5-6-17(14-18)28-13-11-21(26)27-4)30-23-25(20)19(15)10-12-24(3,31-23)32-33-25/h5-7,14-16,19-20,22-23H,8-13H2,1-4H3/t15-,16-,19+,20+,22+,23-,24-,25-/m1/s1. The predicted molar refractivity (Wildman–Crippen MR) is 116 cm³/mol. The molecule has 0 amide bonds. The summed E-state index contributed by atoms with van der Waals surface area (Å²) in [6.07, 6.45) is 3.09. The largest absolute Gasteiger partial charge is 0.493 e. The highest BCUT2D eigenvalue weighted by molar-refractivity contribution is 5.69. The number of benzene rings is 1. The van der Waals surface area contributed by atoms with Gasteiger partial charge in [0.1, 0.15) is 11.5 Å². The van der Waals surface area contributed by atoms with E-state index in [1.54, 1.807) is 0 Å². The molecule has 5 aliphatic rings. The van der Waals surface area contributed by atoms with Gasteiger partial charge in [0.05, 0.1) is 20.1 Å².